The number of ether oxygens (including phenoxy) is 1. The maximum Gasteiger partial charge on any atom is 0.0505 e. The summed E-state index contributed by atoms with van der Waals surface area (Å²) in [6.07, 6.45) is 1.12. The highest BCUT2D eigenvalue weighted by molar-refractivity contribution is 4.80. The van der Waals surface area contributed by atoms with E-state index in [1.165, 1.54) is 13.1 Å². The number of likely N-dealkylation sites (tertiary alicyclic amines) is 1. The number of rotatable bonds is 5. The first-order valence-corrected chi connectivity index (χ1v) is 5.19. The Labute approximate surface area is 81.2 Å². The van der Waals surface area contributed by atoms with E-state index in [0.717, 1.165) is 38.0 Å². The smallest absolute Gasteiger partial charge is 0.0505 e. The van der Waals surface area contributed by atoms with Gasteiger partial charge in [-0.25, -0.2) is 0 Å². The van der Waals surface area contributed by atoms with Crippen LogP contribution >= 0.6 is 0 Å². The van der Waals surface area contributed by atoms with E-state index in [0.29, 0.717) is 0 Å². The first-order chi connectivity index (χ1) is 6.27. The first-order valence-electron chi connectivity index (χ1n) is 5.19. The Balaban J connectivity index is 2.23. The fourth-order valence-electron chi connectivity index (χ4n) is 2.07. The molecule has 0 aliphatic carbocycles. The molecule has 0 spiro atoms. The van der Waals surface area contributed by atoms with E-state index < -0.39 is 0 Å². The van der Waals surface area contributed by atoms with Gasteiger partial charge in [0.15, 0.2) is 0 Å². The lowest BCUT2D eigenvalue weighted by atomic mass is 10.00. The van der Waals surface area contributed by atoms with Crippen LogP contribution in [0.4, 0.5) is 0 Å². The number of hydrogen-bond donors (Lipinski definition) is 1. The van der Waals surface area contributed by atoms with Crippen LogP contribution in [0.5, 0.6) is 0 Å². The van der Waals surface area contributed by atoms with E-state index >= 15 is 0 Å². The van der Waals surface area contributed by atoms with E-state index in [2.05, 4.69) is 11.8 Å². The molecule has 1 rings (SSSR count). The lowest BCUT2D eigenvalue weighted by molar-refractivity contribution is 0.140. The molecule has 2 atom stereocenters. The van der Waals surface area contributed by atoms with Gasteiger partial charge in [0.05, 0.1) is 6.61 Å². The lowest BCUT2D eigenvalue weighted by Crippen LogP contribution is -2.24. The van der Waals surface area contributed by atoms with Crippen molar-refractivity contribution in [3.63, 3.8) is 0 Å². The second-order valence-corrected chi connectivity index (χ2v) is 4.09. The second kappa shape index (κ2) is 5.58. The van der Waals surface area contributed by atoms with Crippen LogP contribution in [0, 0.1) is 11.8 Å². The van der Waals surface area contributed by atoms with Crippen LogP contribution < -0.4 is 5.73 Å². The molecule has 0 radical (unpaired) electrons. The van der Waals surface area contributed by atoms with Gasteiger partial charge < -0.3 is 15.4 Å². The molecular formula is C10H22N2O. The molecule has 3 nitrogen and oxygen atoms in total. The molecule has 0 aromatic heterocycles. The van der Waals surface area contributed by atoms with Gasteiger partial charge in [-0.15, -0.1) is 0 Å². The average Bonchev–Trinajstić information content (AvgIpc) is 2.45. The molecule has 1 saturated heterocycles. The molecule has 1 fully saturated rings. The minimum Gasteiger partial charge on any atom is -0.384 e. The topological polar surface area (TPSA) is 38.5 Å². The van der Waals surface area contributed by atoms with Crippen LogP contribution in [-0.2, 0) is 4.74 Å². The zero-order valence-corrected chi connectivity index (χ0v) is 8.83. The highest BCUT2D eigenvalue weighted by atomic mass is 16.5. The summed E-state index contributed by atoms with van der Waals surface area (Å²) in [4.78, 5) is 2.50. The molecule has 0 aromatic rings. The Morgan fingerprint density at radius 3 is 2.85 bits per heavy atom. The van der Waals surface area contributed by atoms with Gasteiger partial charge in [0.1, 0.15) is 0 Å². The quantitative estimate of drug-likeness (QED) is 0.681. The molecule has 13 heavy (non-hydrogen) atoms. The van der Waals surface area contributed by atoms with Crippen molar-refractivity contribution < 1.29 is 4.74 Å². The summed E-state index contributed by atoms with van der Waals surface area (Å²) in [5.74, 6) is 1.50. The largest absolute Gasteiger partial charge is 0.384 e. The van der Waals surface area contributed by atoms with Crippen molar-refractivity contribution in [1.29, 1.82) is 0 Å². The summed E-state index contributed by atoms with van der Waals surface area (Å²) in [5.41, 5.74) is 5.48. The third-order valence-electron chi connectivity index (χ3n) is 2.90. The van der Waals surface area contributed by atoms with Crippen LogP contribution in [0.15, 0.2) is 0 Å². The second-order valence-electron chi connectivity index (χ2n) is 4.09. The molecule has 78 valence electrons. The maximum atomic E-state index is 5.48. The van der Waals surface area contributed by atoms with Crippen molar-refractivity contribution in [2.45, 2.75) is 13.3 Å². The summed E-state index contributed by atoms with van der Waals surface area (Å²) in [6.45, 7) is 7.58. The molecule has 3 heteroatoms. The summed E-state index contributed by atoms with van der Waals surface area (Å²) >= 11 is 0. The van der Waals surface area contributed by atoms with E-state index in [-0.39, 0.29) is 0 Å². The normalized spacial score (nSPS) is 29.8. The van der Waals surface area contributed by atoms with Gasteiger partial charge >= 0.3 is 0 Å². The summed E-state index contributed by atoms with van der Waals surface area (Å²) in [7, 11) is 1.79. The van der Waals surface area contributed by atoms with Gasteiger partial charge in [-0.05, 0) is 31.3 Å². The minimum absolute atomic E-state index is 0.725. The third-order valence-corrected chi connectivity index (χ3v) is 2.90. The highest BCUT2D eigenvalue weighted by Gasteiger charge is 2.28. The van der Waals surface area contributed by atoms with Crippen molar-refractivity contribution in [3.8, 4) is 0 Å². The molecular weight excluding hydrogens is 164 g/mol. The monoisotopic (exact) mass is 186 g/mol. The number of hydrogen-bond acceptors (Lipinski definition) is 3. The molecule has 0 amide bonds. The molecule has 1 aliphatic heterocycles. The SMILES string of the molecule is COCC1CN(CCCN)CC1C. The van der Waals surface area contributed by atoms with Crippen molar-refractivity contribution in [3.05, 3.63) is 0 Å². The van der Waals surface area contributed by atoms with Crippen molar-refractivity contribution in [2.24, 2.45) is 17.6 Å². The fourth-order valence-corrected chi connectivity index (χ4v) is 2.07. The van der Waals surface area contributed by atoms with Crippen LogP contribution in [0.1, 0.15) is 13.3 Å². The first kappa shape index (κ1) is 11.0. The molecule has 0 aromatic carbocycles. The molecule has 2 N–H and O–H groups in total. The zero-order chi connectivity index (χ0) is 9.68. The van der Waals surface area contributed by atoms with Gasteiger partial charge in [0.2, 0.25) is 0 Å². The molecule has 1 aliphatic rings. The zero-order valence-electron chi connectivity index (χ0n) is 8.83. The highest BCUT2D eigenvalue weighted by Crippen LogP contribution is 2.22. The standard InChI is InChI=1S/C10H22N2O/c1-9-6-12(5-3-4-11)7-10(9)8-13-2/h9-10H,3-8,11H2,1-2H3. The van der Waals surface area contributed by atoms with E-state index in [9.17, 15) is 0 Å². The Hall–Kier alpha value is -0.120. The Bertz CT molecular complexity index is 141. The number of nitrogens with two attached hydrogens (primary N) is 1. The van der Waals surface area contributed by atoms with Gasteiger partial charge in [-0.2, -0.15) is 0 Å². The van der Waals surface area contributed by atoms with Crippen LogP contribution in [0.2, 0.25) is 0 Å². The fraction of sp³-hybridized carbons (Fsp3) is 1.00. The van der Waals surface area contributed by atoms with Crippen LogP contribution in [0.3, 0.4) is 0 Å². The summed E-state index contributed by atoms with van der Waals surface area (Å²) in [6, 6.07) is 0. The van der Waals surface area contributed by atoms with Crippen LogP contribution in [0.25, 0.3) is 0 Å². The summed E-state index contributed by atoms with van der Waals surface area (Å²) in [5, 5.41) is 0. The van der Waals surface area contributed by atoms with Gasteiger partial charge in [-0.3, -0.25) is 0 Å². The summed E-state index contributed by atoms with van der Waals surface area (Å²) < 4.78 is 5.20. The minimum atomic E-state index is 0.725. The number of methoxy groups -OCH3 is 1. The van der Waals surface area contributed by atoms with Crippen molar-refractivity contribution in [2.75, 3.05) is 39.9 Å². The maximum absolute atomic E-state index is 5.48. The molecule has 0 bridgehead atoms. The van der Waals surface area contributed by atoms with Gasteiger partial charge in [-0.1, -0.05) is 6.92 Å². The molecule has 0 saturated carbocycles. The van der Waals surface area contributed by atoms with E-state index in [4.69, 9.17) is 10.5 Å². The predicted molar refractivity (Wildman–Crippen MR) is 54.6 cm³/mol. The van der Waals surface area contributed by atoms with Crippen LogP contribution in [-0.4, -0.2) is 44.8 Å². The van der Waals surface area contributed by atoms with Gasteiger partial charge in [0, 0.05) is 20.2 Å². The Morgan fingerprint density at radius 2 is 2.23 bits per heavy atom. The van der Waals surface area contributed by atoms with Crippen molar-refractivity contribution >= 4 is 0 Å². The predicted octanol–water partition coefficient (Wildman–Crippen LogP) is 0.550. The number of nitrogens with zero attached hydrogens (tertiary/aromatic N) is 1. The van der Waals surface area contributed by atoms with Crippen molar-refractivity contribution in [1.82, 2.24) is 4.90 Å². The Kier molecular flexibility index (Phi) is 4.70. The van der Waals surface area contributed by atoms with E-state index in [1.807, 2.05) is 0 Å². The third kappa shape index (κ3) is 3.25. The Morgan fingerprint density at radius 1 is 1.46 bits per heavy atom. The van der Waals surface area contributed by atoms with E-state index in [1.54, 1.807) is 7.11 Å². The average molecular weight is 186 g/mol. The van der Waals surface area contributed by atoms with Gasteiger partial charge in [0.25, 0.3) is 0 Å². The lowest BCUT2D eigenvalue weighted by Gasteiger charge is -2.14. The molecule has 2 unspecified atom stereocenters. The molecule has 1 heterocycles.